The number of fused-ring (bicyclic) bond motifs is 1. The lowest BCUT2D eigenvalue weighted by molar-refractivity contribution is 0.0737. The molecule has 0 saturated heterocycles. The maximum absolute atomic E-state index is 12.8. The molecule has 0 radical (unpaired) electrons. The average Bonchev–Trinajstić information content (AvgIpc) is 2.99. The summed E-state index contributed by atoms with van der Waals surface area (Å²) in [4.78, 5) is 19.2. The first-order valence-corrected chi connectivity index (χ1v) is 7.30. The first-order valence-electron chi connectivity index (χ1n) is 7.30. The molecule has 1 amide bonds. The van der Waals surface area contributed by atoms with Crippen molar-refractivity contribution in [3.05, 3.63) is 41.6 Å². The maximum atomic E-state index is 12.8. The van der Waals surface area contributed by atoms with Crippen LogP contribution in [0.25, 0.3) is 10.9 Å². The third-order valence-electron chi connectivity index (χ3n) is 4.27. The molecular formula is C17H20N2O. The fourth-order valence-electron chi connectivity index (χ4n) is 3.13. The number of hydrogen-bond acceptors (Lipinski definition) is 2. The van der Waals surface area contributed by atoms with Crippen molar-refractivity contribution in [3.63, 3.8) is 0 Å². The molecule has 104 valence electrons. The van der Waals surface area contributed by atoms with E-state index in [1.807, 2.05) is 49.2 Å². The number of amides is 1. The molecule has 0 unspecified atom stereocenters. The Labute approximate surface area is 119 Å². The summed E-state index contributed by atoms with van der Waals surface area (Å²) in [5, 5.41) is 0.952. The smallest absolute Gasteiger partial charge is 0.254 e. The van der Waals surface area contributed by atoms with Crippen molar-refractivity contribution in [1.29, 1.82) is 0 Å². The number of aryl methyl sites for hydroxylation is 1. The molecule has 1 heterocycles. The van der Waals surface area contributed by atoms with Crippen LogP contribution in [0.1, 0.15) is 41.7 Å². The van der Waals surface area contributed by atoms with Gasteiger partial charge in [-0.2, -0.15) is 0 Å². The van der Waals surface area contributed by atoms with E-state index in [9.17, 15) is 4.79 Å². The van der Waals surface area contributed by atoms with Gasteiger partial charge in [0.25, 0.3) is 5.91 Å². The van der Waals surface area contributed by atoms with Gasteiger partial charge >= 0.3 is 0 Å². The van der Waals surface area contributed by atoms with Gasteiger partial charge in [0.05, 0.1) is 11.1 Å². The second-order valence-corrected chi connectivity index (χ2v) is 5.68. The van der Waals surface area contributed by atoms with E-state index in [0.717, 1.165) is 35.0 Å². The Bertz CT molecular complexity index is 644. The van der Waals surface area contributed by atoms with Crippen molar-refractivity contribution >= 4 is 16.8 Å². The van der Waals surface area contributed by atoms with Crippen molar-refractivity contribution in [1.82, 2.24) is 9.88 Å². The summed E-state index contributed by atoms with van der Waals surface area (Å²) in [5.41, 5.74) is 2.57. The van der Waals surface area contributed by atoms with Crippen LogP contribution in [-0.2, 0) is 0 Å². The number of carbonyl (C=O) groups is 1. The van der Waals surface area contributed by atoms with E-state index in [0.29, 0.717) is 6.04 Å². The molecule has 0 aliphatic heterocycles. The van der Waals surface area contributed by atoms with Crippen LogP contribution < -0.4 is 0 Å². The molecule has 20 heavy (non-hydrogen) atoms. The van der Waals surface area contributed by atoms with E-state index < -0.39 is 0 Å². The van der Waals surface area contributed by atoms with Crippen LogP contribution in [0.2, 0.25) is 0 Å². The first-order chi connectivity index (χ1) is 9.66. The number of hydrogen-bond donors (Lipinski definition) is 0. The Kier molecular flexibility index (Phi) is 3.43. The van der Waals surface area contributed by atoms with Gasteiger partial charge in [-0.15, -0.1) is 0 Å². The molecule has 1 aromatic carbocycles. The molecule has 1 fully saturated rings. The van der Waals surface area contributed by atoms with Gasteiger partial charge in [-0.25, -0.2) is 0 Å². The zero-order chi connectivity index (χ0) is 14.1. The minimum absolute atomic E-state index is 0.124. The number of pyridine rings is 1. The highest BCUT2D eigenvalue weighted by atomic mass is 16.2. The van der Waals surface area contributed by atoms with Crippen molar-refractivity contribution in [2.24, 2.45) is 0 Å². The molecule has 0 bridgehead atoms. The summed E-state index contributed by atoms with van der Waals surface area (Å²) in [6.45, 7) is 1.94. The summed E-state index contributed by atoms with van der Waals surface area (Å²) >= 11 is 0. The summed E-state index contributed by atoms with van der Waals surface area (Å²) in [7, 11) is 1.93. The second kappa shape index (κ2) is 5.23. The van der Waals surface area contributed by atoms with Crippen LogP contribution >= 0.6 is 0 Å². The minimum Gasteiger partial charge on any atom is -0.339 e. The van der Waals surface area contributed by atoms with Crippen molar-refractivity contribution in [2.75, 3.05) is 7.05 Å². The fraction of sp³-hybridized carbons (Fsp3) is 0.412. The molecule has 0 spiro atoms. The van der Waals surface area contributed by atoms with Gasteiger partial charge in [-0.05, 0) is 31.9 Å². The number of rotatable bonds is 2. The van der Waals surface area contributed by atoms with E-state index in [1.165, 1.54) is 12.8 Å². The SMILES string of the molecule is Cc1cc(C(=O)N(C)C2CCCC2)c2ccccc2n1. The van der Waals surface area contributed by atoms with Crippen molar-refractivity contribution < 1.29 is 4.79 Å². The van der Waals surface area contributed by atoms with Gasteiger partial charge in [-0.3, -0.25) is 9.78 Å². The average molecular weight is 268 g/mol. The third-order valence-corrected chi connectivity index (χ3v) is 4.27. The predicted molar refractivity (Wildman–Crippen MR) is 80.8 cm³/mol. The maximum Gasteiger partial charge on any atom is 0.254 e. The first kappa shape index (κ1) is 13.1. The van der Waals surface area contributed by atoms with Gasteiger partial charge in [-0.1, -0.05) is 31.0 Å². The van der Waals surface area contributed by atoms with E-state index in [1.54, 1.807) is 0 Å². The number of benzene rings is 1. The van der Waals surface area contributed by atoms with E-state index >= 15 is 0 Å². The largest absolute Gasteiger partial charge is 0.339 e. The van der Waals surface area contributed by atoms with Gasteiger partial charge in [0, 0.05) is 24.2 Å². The molecule has 3 heteroatoms. The van der Waals surface area contributed by atoms with E-state index in [4.69, 9.17) is 0 Å². The Morgan fingerprint density at radius 2 is 1.95 bits per heavy atom. The van der Waals surface area contributed by atoms with E-state index in [-0.39, 0.29) is 5.91 Å². The molecule has 1 aromatic heterocycles. The standard InChI is InChI=1S/C17H20N2O/c1-12-11-15(14-9-5-6-10-16(14)18-12)17(20)19(2)13-7-3-4-8-13/h5-6,9-11,13H,3-4,7-8H2,1-2H3. The number of nitrogens with zero attached hydrogens (tertiary/aromatic N) is 2. The molecule has 2 aromatic rings. The molecule has 0 N–H and O–H groups in total. The third kappa shape index (κ3) is 2.28. The Morgan fingerprint density at radius 3 is 2.70 bits per heavy atom. The van der Waals surface area contributed by atoms with Gasteiger partial charge in [0.1, 0.15) is 0 Å². The Balaban J connectivity index is 2.02. The van der Waals surface area contributed by atoms with Gasteiger partial charge in [0.2, 0.25) is 0 Å². The van der Waals surface area contributed by atoms with Gasteiger partial charge in [0.15, 0.2) is 0 Å². The number of aromatic nitrogens is 1. The molecule has 3 rings (SSSR count). The highest BCUT2D eigenvalue weighted by Gasteiger charge is 2.25. The molecule has 3 nitrogen and oxygen atoms in total. The molecular weight excluding hydrogens is 248 g/mol. The lowest BCUT2D eigenvalue weighted by Crippen LogP contribution is -2.35. The summed E-state index contributed by atoms with van der Waals surface area (Å²) in [6, 6.07) is 10.2. The lowest BCUT2D eigenvalue weighted by atomic mass is 10.1. The second-order valence-electron chi connectivity index (χ2n) is 5.68. The zero-order valence-electron chi connectivity index (χ0n) is 12.1. The Morgan fingerprint density at radius 1 is 1.25 bits per heavy atom. The van der Waals surface area contributed by atoms with Crippen molar-refractivity contribution in [3.8, 4) is 0 Å². The quantitative estimate of drug-likeness (QED) is 0.834. The van der Waals surface area contributed by atoms with Crippen LogP contribution in [0.4, 0.5) is 0 Å². The number of carbonyl (C=O) groups excluding carboxylic acids is 1. The summed E-state index contributed by atoms with van der Waals surface area (Å²) in [6.07, 6.45) is 4.73. The monoisotopic (exact) mass is 268 g/mol. The summed E-state index contributed by atoms with van der Waals surface area (Å²) in [5.74, 6) is 0.124. The van der Waals surface area contributed by atoms with E-state index in [2.05, 4.69) is 4.98 Å². The minimum atomic E-state index is 0.124. The van der Waals surface area contributed by atoms with Crippen LogP contribution in [0.5, 0.6) is 0 Å². The van der Waals surface area contributed by atoms with Crippen molar-refractivity contribution in [2.45, 2.75) is 38.6 Å². The van der Waals surface area contributed by atoms with Crippen LogP contribution in [0, 0.1) is 6.92 Å². The molecule has 1 aliphatic rings. The highest BCUT2D eigenvalue weighted by Crippen LogP contribution is 2.26. The predicted octanol–water partition coefficient (Wildman–Crippen LogP) is 3.56. The molecule has 1 aliphatic carbocycles. The van der Waals surface area contributed by atoms with Gasteiger partial charge < -0.3 is 4.90 Å². The fourth-order valence-corrected chi connectivity index (χ4v) is 3.13. The topological polar surface area (TPSA) is 33.2 Å². The van der Waals surface area contributed by atoms with Crippen LogP contribution in [-0.4, -0.2) is 28.9 Å². The molecule has 1 saturated carbocycles. The van der Waals surface area contributed by atoms with Crippen LogP contribution in [0.15, 0.2) is 30.3 Å². The zero-order valence-corrected chi connectivity index (χ0v) is 12.1. The Hall–Kier alpha value is -1.90. The normalized spacial score (nSPS) is 15.7. The lowest BCUT2D eigenvalue weighted by Gasteiger charge is -2.25. The highest BCUT2D eigenvalue weighted by molar-refractivity contribution is 6.06. The van der Waals surface area contributed by atoms with Crippen LogP contribution in [0.3, 0.4) is 0 Å². The summed E-state index contributed by atoms with van der Waals surface area (Å²) < 4.78 is 0. The number of para-hydroxylation sites is 1. The molecule has 0 atom stereocenters.